The minimum Gasteiger partial charge on any atom is -0.396 e. The summed E-state index contributed by atoms with van der Waals surface area (Å²) in [6, 6.07) is 3.70. The molecule has 2 rings (SSSR count). The molecule has 0 saturated heterocycles. The molecular weight excluding hydrogens is 300 g/mol. The first-order chi connectivity index (χ1) is 9.44. The fourth-order valence-electron chi connectivity index (χ4n) is 1.65. The van der Waals surface area contributed by atoms with E-state index in [1.165, 1.54) is 18.3 Å². The van der Waals surface area contributed by atoms with Crippen molar-refractivity contribution < 1.29 is 18.0 Å². The summed E-state index contributed by atoms with van der Waals surface area (Å²) in [5.41, 5.74) is 0. The molecule has 1 N–H and O–H groups in total. The summed E-state index contributed by atoms with van der Waals surface area (Å²) in [5, 5.41) is 13.8. The highest BCUT2D eigenvalue weighted by Gasteiger charge is 2.29. The first kappa shape index (κ1) is 15.1. The van der Waals surface area contributed by atoms with Crippen LogP contribution in [0.25, 0.3) is 10.7 Å². The maximum Gasteiger partial charge on any atom is 0.245 e. The molecule has 6 nitrogen and oxygen atoms in total. The normalized spacial score (nSPS) is 15.2. The van der Waals surface area contributed by atoms with Crippen LogP contribution in [0.4, 0.5) is 0 Å². The number of thiophene rings is 1. The minimum atomic E-state index is -3.43. The van der Waals surface area contributed by atoms with E-state index in [2.05, 4.69) is 10.1 Å². The van der Waals surface area contributed by atoms with Crippen molar-refractivity contribution in [1.82, 2.24) is 10.1 Å². The van der Waals surface area contributed by atoms with Gasteiger partial charge in [-0.05, 0) is 24.3 Å². The molecule has 0 aliphatic rings. The number of aliphatic hydroxyl groups is 1. The smallest absolute Gasteiger partial charge is 0.245 e. The van der Waals surface area contributed by atoms with Crippen LogP contribution in [0.1, 0.15) is 25.0 Å². The standard InChI is InChI=1S/C12H16N2O4S2/c1-8(6-15)7-20(16,17)9(2)12-13-11(14-18-12)10-4-3-5-19-10/h3-5,8-9,15H,6-7H2,1-2H3. The zero-order chi connectivity index (χ0) is 14.8. The molecule has 2 heterocycles. The van der Waals surface area contributed by atoms with Gasteiger partial charge in [-0.15, -0.1) is 11.3 Å². The summed E-state index contributed by atoms with van der Waals surface area (Å²) in [6.45, 7) is 3.02. The van der Waals surface area contributed by atoms with Crippen molar-refractivity contribution in [1.29, 1.82) is 0 Å². The highest BCUT2D eigenvalue weighted by molar-refractivity contribution is 7.91. The Bertz CT molecular complexity index is 649. The molecule has 2 aromatic heterocycles. The van der Waals surface area contributed by atoms with E-state index in [4.69, 9.17) is 9.63 Å². The lowest BCUT2D eigenvalue weighted by Crippen LogP contribution is -2.21. The molecule has 0 aliphatic carbocycles. The summed E-state index contributed by atoms with van der Waals surface area (Å²) in [4.78, 5) is 4.97. The van der Waals surface area contributed by atoms with E-state index in [0.29, 0.717) is 5.82 Å². The van der Waals surface area contributed by atoms with Crippen LogP contribution in [0.2, 0.25) is 0 Å². The number of hydrogen-bond acceptors (Lipinski definition) is 7. The summed E-state index contributed by atoms with van der Waals surface area (Å²) in [7, 11) is -3.43. The number of aromatic nitrogens is 2. The number of aliphatic hydroxyl groups excluding tert-OH is 1. The molecule has 0 aromatic carbocycles. The summed E-state index contributed by atoms with van der Waals surface area (Å²) < 4.78 is 29.4. The van der Waals surface area contributed by atoms with Gasteiger partial charge >= 0.3 is 0 Å². The van der Waals surface area contributed by atoms with Gasteiger partial charge in [-0.2, -0.15) is 4.98 Å². The third-order valence-electron chi connectivity index (χ3n) is 2.90. The van der Waals surface area contributed by atoms with Crippen molar-refractivity contribution in [2.45, 2.75) is 19.1 Å². The van der Waals surface area contributed by atoms with E-state index in [-0.39, 0.29) is 24.2 Å². The maximum absolute atomic E-state index is 12.2. The highest BCUT2D eigenvalue weighted by Crippen LogP contribution is 2.27. The Hall–Kier alpha value is -1.25. The summed E-state index contributed by atoms with van der Waals surface area (Å²) in [5.74, 6) is 0.0504. The Morgan fingerprint density at radius 2 is 2.20 bits per heavy atom. The van der Waals surface area contributed by atoms with Crippen LogP contribution >= 0.6 is 11.3 Å². The van der Waals surface area contributed by atoms with Gasteiger partial charge in [-0.25, -0.2) is 8.42 Å². The molecule has 0 amide bonds. The highest BCUT2D eigenvalue weighted by atomic mass is 32.2. The SMILES string of the molecule is CC(CO)CS(=O)(=O)C(C)c1nc(-c2cccs2)no1. The van der Waals surface area contributed by atoms with E-state index in [1.54, 1.807) is 6.92 Å². The topological polar surface area (TPSA) is 93.3 Å². The molecule has 20 heavy (non-hydrogen) atoms. The van der Waals surface area contributed by atoms with Crippen LogP contribution in [0.5, 0.6) is 0 Å². The second-order valence-corrected chi connectivity index (χ2v) is 8.01. The Kier molecular flexibility index (Phi) is 4.56. The molecule has 0 radical (unpaired) electrons. The van der Waals surface area contributed by atoms with Gasteiger partial charge in [0.2, 0.25) is 11.7 Å². The van der Waals surface area contributed by atoms with E-state index < -0.39 is 15.1 Å². The zero-order valence-corrected chi connectivity index (χ0v) is 12.8. The van der Waals surface area contributed by atoms with Crippen molar-refractivity contribution >= 4 is 21.2 Å². The third kappa shape index (κ3) is 3.25. The molecule has 0 saturated carbocycles. The summed E-state index contributed by atoms with van der Waals surface area (Å²) >= 11 is 1.46. The lowest BCUT2D eigenvalue weighted by atomic mass is 10.2. The van der Waals surface area contributed by atoms with Gasteiger partial charge in [-0.1, -0.05) is 18.1 Å². The van der Waals surface area contributed by atoms with Crippen LogP contribution in [-0.2, 0) is 9.84 Å². The molecular formula is C12H16N2O4S2. The van der Waals surface area contributed by atoms with Gasteiger partial charge in [0.05, 0.1) is 10.6 Å². The van der Waals surface area contributed by atoms with Crippen molar-refractivity contribution in [2.24, 2.45) is 5.92 Å². The fourth-order valence-corrected chi connectivity index (χ4v) is 3.89. The fraction of sp³-hybridized carbons (Fsp3) is 0.500. The van der Waals surface area contributed by atoms with Crippen LogP contribution in [0.15, 0.2) is 22.0 Å². The van der Waals surface area contributed by atoms with Gasteiger partial charge in [0, 0.05) is 6.61 Å². The lowest BCUT2D eigenvalue weighted by molar-refractivity contribution is 0.248. The van der Waals surface area contributed by atoms with E-state index in [1.807, 2.05) is 17.5 Å². The van der Waals surface area contributed by atoms with Crippen LogP contribution in [0.3, 0.4) is 0 Å². The molecule has 2 aromatic rings. The molecule has 2 unspecified atom stereocenters. The average molecular weight is 316 g/mol. The zero-order valence-electron chi connectivity index (χ0n) is 11.2. The maximum atomic E-state index is 12.2. The van der Waals surface area contributed by atoms with E-state index in [0.717, 1.165) is 4.88 Å². The molecule has 0 aliphatic heterocycles. The second-order valence-electron chi connectivity index (χ2n) is 4.69. The van der Waals surface area contributed by atoms with Crippen molar-refractivity contribution in [2.75, 3.05) is 12.4 Å². The molecule has 110 valence electrons. The lowest BCUT2D eigenvalue weighted by Gasteiger charge is -2.12. The van der Waals surface area contributed by atoms with Gasteiger partial charge < -0.3 is 9.63 Å². The van der Waals surface area contributed by atoms with Crippen molar-refractivity contribution in [3.05, 3.63) is 23.4 Å². The Balaban J connectivity index is 2.19. The average Bonchev–Trinajstić information content (AvgIpc) is 3.07. The molecule has 0 bridgehead atoms. The number of rotatable bonds is 6. The Labute approximate surface area is 121 Å². The Morgan fingerprint density at radius 3 is 2.80 bits per heavy atom. The molecule has 0 spiro atoms. The van der Waals surface area contributed by atoms with Gasteiger partial charge in [0.1, 0.15) is 5.25 Å². The molecule has 2 atom stereocenters. The monoisotopic (exact) mass is 316 g/mol. The molecule has 8 heteroatoms. The third-order valence-corrected chi connectivity index (χ3v) is 6.08. The number of nitrogens with zero attached hydrogens (tertiary/aromatic N) is 2. The largest absolute Gasteiger partial charge is 0.396 e. The minimum absolute atomic E-state index is 0.0820. The second kappa shape index (κ2) is 6.02. The van der Waals surface area contributed by atoms with Crippen molar-refractivity contribution in [3.8, 4) is 10.7 Å². The van der Waals surface area contributed by atoms with Crippen molar-refractivity contribution in [3.63, 3.8) is 0 Å². The Morgan fingerprint density at radius 1 is 1.45 bits per heavy atom. The number of sulfone groups is 1. The van der Waals surface area contributed by atoms with Gasteiger partial charge in [0.15, 0.2) is 9.84 Å². The summed E-state index contributed by atoms with van der Waals surface area (Å²) in [6.07, 6.45) is 0. The molecule has 0 fully saturated rings. The van der Waals surface area contributed by atoms with Gasteiger partial charge in [-0.3, -0.25) is 0 Å². The van der Waals surface area contributed by atoms with E-state index >= 15 is 0 Å². The quantitative estimate of drug-likeness (QED) is 0.875. The van der Waals surface area contributed by atoms with E-state index in [9.17, 15) is 8.42 Å². The first-order valence-corrected chi connectivity index (χ1v) is 8.73. The van der Waals surface area contributed by atoms with Crippen LogP contribution in [-0.4, -0.2) is 36.0 Å². The van der Waals surface area contributed by atoms with Gasteiger partial charge in [0.25, 0.3) is 0 Å². The predicted molar refractivity (Wildman–Crippen MR) is 76.1 cm³/mol. The van der Waals surface area contributed by atoms with Crippen LogP contribution < -0.4 is 0 Å². The first-order valence-electron chi connectivity index (χ1n) is 6.14. The number of hydrogen-bond donors (Lipinski definition) is 1. The predicted octanol–water partition coefficient (Wildman–Crippen LogP) is 1.90. The van der Waals surface area contributed by atoms with Crippen LogP contribution in [0, 0.1) is 5.92 Å².